The van der Waals surface area contributed by atoms with Gasteiger partial charge in [0, 0.05) is 0 Å². The Balaban J connectivity index is 2.39. The predicted octanol–water partition coefficient (Wildman–Crippen LogP) is 0.225. The lowest BCUT2D eigenvalue weighted by Gasteiger charge is -1.89. The highest BCUT2D eigenvalue weighted by atomic mass is 16.4. The molecule has 0 bridgehead atoms. The van der Waals surface area contributed by atoms with Gasteiger partial charge in [0.2, 0.25) is 5.89 Å². The second-order valence-corrected chi connectivity index (χ2v) is 2.35. The van der Waals surface area contributed by atoms with Gasteiger partial charge in [-0.1, -0.05) is 0 Å². The van der Waals surface area contributed by atoms with Crippen LogP contribution in [0.15, 0.2) is 22.9 Å². The number of carbonyl (C=O) groups is 1. The van der Waals surface area contributed by atoms with Crippen LogP contribution in [-0.4, -0.2) is 31.5 Å². The second kappa shape index (κ2) is 3.21. The van der Waals surface area contributed by atoms with Gasteiger partial charge in [-0.2, -0.15) is 10.2 Å². The zero-order valence-corrected chi connectivity index (χ0v) is 6.78. The molecule has 0 saturated heterocycles. The first-order chi connectivity index (χ1) is 6.77. The summed E-state index contributed by atoms with van der Waals surface area (Å²) >= 11 is 0. The van der Waals surface area contributed by atoms with Gasteiger partial charge in [0.25, 0.3) is 0 Å². The third-order valence-electron chi connectivity index (χ3n) is 1.44. The van der Waals surface area contributed by atoms with Gasteiger partial charge >= 0.3 is 11.9 Å². The van der Waals surface area contributed by atoms with Gasteiger partial charge in [-0.05, 0) is 6.07 Å². The van der Waals surface area contributed by atoms with E-state index in [1.54, 1.807) is 6.07 Å². The standard InChI is InChI=1S/C7H4N4O3/c12-7(13)6-11-10-5(14-6)4-1-2-8-9-3-4/h1-3H,(H,12,13). The molecule has 0 fully saturated rings. The van der Waals surface area contributed by atoms with Crippen LogP contribution in [-0.2, 0) is 0 Å². The highest BCUT2D eigenvalue weighted by Crippen LogP contribution is 2.14. The van der Waals surface area contributed by atoms with Crippen LogP contribution in [0.5, 0.6) is 0 Å². The Labute approximate surface area is 77.4 Å². The first-order valence-electron chi connectivity index (χ1n) is 3.61. The summed E-state index contributed by atoms with van der Waals surface area (Å²) in [6, 6.07) is 1.59. The van der Waals surface area contributed by atoms with E-state index in [-0.39, 0.29) is 5.89 Å². The fourth-order valence-corrected chi connectivity index (χ4v) is 0.844. The van der Waals surface area contributed by atoms with E-state index in [1.807, 2.05) is 0 Å². The summed E-state index contributed by atoms with van der Waals surface area (Å²) in [6.07, 6.45) is 2.85. The average molecular weight is 192 g/mol. The minimum atomic E-state index is -1.26. The normalized spacial score (nSPS) is 10.0. The molecule has 2 aromatic heterocycles. The van der Waals surface area contributed by atoms with Gasteiger partial charge in [-0.25, -0.2) is 4.79 Å². The van der Waals surface area contributed by atoms with E-state index in [0.29, 0.717) is 5.56 Å². The molecule has 0 atom stereocenters. The van der Waals surface area contributed by atoms with E-state index in [2.05, 4.69) is 20.4 Å². The molecule has 0 aliphatic carbocycles. The average Bonchev–Trinajstić information content (AvgIpc) is 2.68. The molecule has 2 rings (SSSR count). The van der Waals surface area contributed by atoms with E-state index in [9.17, 15) is 4.79 Å². The van der Waals surface area contributed by atoms with Crippen LogP contribution >= 0.6 is 0 Å². The monoisotopic (exact) mass is 192 g/mol. The largest absolute Gasteiger partial charge is 0.474 e. The molecule has 0 aliphatic heterocycles. The van der Waals surface area contributed by atoms with Gasteiger partial charge in [0.05, 0.1) is 18.0 Å². The van der Waals surface area contributed by atoms with Crippen LogP contribution in [0.1, 0.15) is 10.7 Å². The van der Waals surface area contributed by atoms with Crippen LogP contribution in [0.4, 0.5) is 0 Å². The van der Waals surface area contributed by atoms with Crippen molar-refractivity contribution >= 4 is 5.97 Å². The summed E-state index contributed by atoms with van der Waals surface area (Å²) in [5, 5.41) is 22.5. The van der Waals surface area contributed by atoms with Gasteiger partial charge in [0.15, 0.2) is 0 Å². The van der Waals surface area contributed by atoms with Crippen LogP contribution in [0.3, 0.4) is 0 Å². The number of aromatic carboxylic acids is 1. The molecular weight excluding hydrogens is 188 g/mol. The Morgan fingerprint density at radius 2 is 2.21 bits per heavy atom. The minimum Gasteiger partial charge on any atom is -0.474 e. The van der Waals surface area contributed by atoms with Crippen molar-refractivity contribution in [3.05, 3.63) is 24.4 Å². The Hall–Kier alpha value is -2.31. The lowest BCUT2D eigenvalue weighted by atomic mass is 10.3. The van der Waals surface area contributed by atoms with Crippen molar-refractivity contribution in [2.75, 3.05) is 0 Å². The van der Waals surface area contributed by atoms with Crippen molar-refractivity contribution in [3.63, 3.8) is 0 Å². The van der Waals surface area contributed by atoms with Crippen molar-refractivity contribution in [3.8, 4) is 11.5 Å². The third-order valence-corrected chi connectivity index (χ3v) is 1.44. The first kappa shape index (κ1) is 8.30. The smallest absolute Gasteiger partial charge is 0.393 e. The minimum absolute atomic E-state index is 0.109. The SMILES string of the molecule is O=C(O)c1nnc(-c2ccnnc2)o1. The highest BCUT2D eigenvalue weighted by Gasteiger charge is 2.13. The summed E-state index contributed by atoms with van der Waals surface area (Å²) in [5.74, 6) is -1.60. The summed E-state index contributed by atoms with van der Waals surface area (Å²) in [7, 11) is 0. The molecule has 2 aromatic rings. The number of carboxylic acids is 1. The molecule has 0 unspecified atom stereocenters. The lowest BCUT2D eigenvalue weighted by molar-refractivity contribution is 0.0654. The van der Waals surface area contributed by atoms with E-state index in [1.165, 1.54) is 12.4 Å². The number of rotatable bonds is 2. The Morgan fingerprint density at radius 3 is 2.79 bits per heavy atom. The van der Waals surface area contributed by atoms with E-state index in [4.69, 9.17) is 9.52 Å². The number of hydrogen-bond donors (Lipinski definition) is 1. The van der Waals surface area contributed by atoms with Crippen LogP contribution in [0.25, 0.3) is 11.5 Å². The van der Waals surface area contributed by atoms with Crippen LogP contribution in [0, 0.1) is 0 Å². The molecule has 0 aliphatic rings. The molecule has 1 N–H and O–H groups in total. The quantitative estimate of drug-likeness (QED) is 0.726. The molecule has 0 aromatic carbocycles. The first-order valence-corrected chi connectivity index (χ1v) is 3.61. The van der Waals surface area contributed by atoms with E-state index < -0.39 is 11.9 Å². The van der Waals surface area contributed by atoms with Crippen LogP contribution in [0.2, 0.25) is 0 Å². The number of hydrogen-bond acceptors (Lipinski definition) is 6. The molecule has 7 nitrogen and oxygen atoms in total. The summed E-state index contributed by atoms with van der Waals surface area (Å²) < 4.78 is 4.84. The van der Waals surface area contributed by atoms with Crippen molar-refractivity contribution in [1.82, 2.24) is 20.4 Å². The maximum Gasteiger partial charge on any atom is 0.393 e. The highest BCUT2D eigenvalue weighted by molar-refractivity contribution is 5.82. The van der Waals surface area contributed by atoms with Gasteiger partial charge in [-0.15, -0.1) is 10.2 Å². The topological polar surface area (TPSA) is 102 Å². The maximum atomic E-state index is 10.4. The number of carboxylic acid groups (broad SMARTS) is 1. The summed E-state index contributed by atoms with van der Waals surface area (Å²) in [5.41, 5.74) is 0.528. The predicted molar refractivity (Wildman–Crippen MR) is 42.3 cm³/mol. The van der Waals surface area contributed by atoms with Gasteiger partial charge in [0.1, 0.15) is 0 Å². The Bertz CT molecular complexity index is 453. The number of nitrogens with zero attached hydrogens (tertiary/aromatic N) is 4. The number of aromatic nitrogens is 4. The van der Waals surface area contributed by atoms with Gasteiger partial charge in [-0.3, -0.25) is 0 Å². The molecule has 0 amide bonds. The van der Waals surface area contributed by atoms with Crippen molar-refractivity contribution in [1.29, 1.82) is 0 Å². The Kier molecular flexibility index (Phi) is 1.90. The molecule has 70 valence electrons. The molecule has 0 spiro atoms. The maximum absolute atomic E-state index is 10.4. The zero-order chi connectivity index (χ0) is 9.97. The second-order valence-electron chi connectivity index (χ2n) is 2.35. The fraction of sp³-hybridized carbons (Fsp3) is 0. The van der Waals surface area contributed by atoms with Gasteiger partial charge < -0.3 is 9.52 Å². The fourth-order valence-electron chi connectivity index (χ4n) is 0.844. The van der Waals surface area contributed by atoms with Crippen molar-refractivity contribution < 1.29 is 14.3 Å². The molecule has 7 heteroatoms. The molecule has 2 heterocycles. The van der Waals surface area contributed by atoms with Crippen LogP contribution < -0.4 is 0 Å². The molecular formula is C7H4N4O3. The molecule has 0 radical (unpaired) electrons. The van der Waals surface area contributed by atoms with Crippen molar-refractivity contribution in [2.45, 2.75) is 0 Å². The van der Waals surface area contributed by atoms with E-state index >= 15 is 0 Å². The third kappa shape index (κ3) is 1.42. The lowest BCUT2D eigenvalue weighted by Crippen LogP contribution is -1.95. The van der Waals surface area contributed by atoms with Crippen molar-refractivity contribution in [2.24, 2.45) is 0 Å². The zero-order valence-electron chi connectivity index (χ0n) is 6.78. The Morgan fingerprint density at radius 1 is 1.36 bits per heavy atom. The molecule has 14 heavy (non-hydrogen) atoms. The summed E-state index contributed by atoms with van der Waals surface area (Å²) in [4.78, 5) is 10.4. The van der Waals surface area contributed by atoms with E-state index in [0.717, 1.165) is 0 Å². The summed E-state index contributed by atoms with van der Waals surface area (Å²) in [6.45, 7) is 0. The molecule has 0 saturated carbocycles.